The quantitative estimate of drug-likeness (QED) is 0.489. The van der Waals surface area contributed by atoms with Gasteiger partial charge >= 0.3 is 0 Å². The first-order valence-electron chi connectivity index (χ1n) is 8.38. The van der Waals surface area contributed by atoms with Crippen molar-refractivity contribution in [2.75, 3.05) is 0 Å². The van der Waals surface area contributed by atoms with E-state index in [4.69, 9.17) is 0 Å². The summed E-state index contributed by atoms with van der Waals surface area (Å²) >= 11 is 0. The molecule has 0 aromatic carbocycles. The molecular weight excluding hydrogens is 252 g/mol. The summed E-state index contributed by atoms with van der Waals surface area (Å²) in [5.74, 6) is 0.768. The van der Waals surface area contributed by atoms with E-state index in [0.717, 1.165) is 18.8 Å². The van der Waals surface area contributed by atoms with Crippen molar-refractivity contribution in [2.24, 2.45) is 11.3 Å². The topological polar surface area (TPSA) is 0 Å². The van der Waals surface area contributed by atoms with Gasteiger partial charge in [-0.05, 0) is 68.9 Å². The van der Waals surface area contributed by atoms with E-state index in [0.29, 0.717) is 5.41 Å². The highest BCUT2D eigenvalue weighted by Gasteiger charge is 2.29. The van der Waals surface area contributed by atoms with Gasteiger partial charge in [0.1, 0.15) is 0 Å². The Morgan fingerprint density at radius 2 is 1.86 bits per heavy atom. The zero-order valence-corrected chi connectivity index (χ0v) is 15.3. The molecule has 0 bridgehead atoms. The molecule has 0 N–H and O–H groups in total. The molecule has 0 aromatic rings. The standard InChI is InChI=1S/C21H34/c1-9-16(4)12-18(15(2)3)13-19-14-20(21(6,7)8)11-10-17(19)5/h12-13,20H,5,9-11,14H2,1-4,6-8H3/b16-12+,19-13-. The molecule has 0 saturated heterocycles. The van der Waals surface area contributed by atoms with Crippen LogP contribution in [0.15, 0.2) is 46.6 Å². The second-order valence-electron chi connectivity index (χ2n) is 7.88. The summed E-state index contributed by atoms with van der Waals surface area (Å²) in [6.07, 6.45) is 9.47. The highest BCUT2D eigenvalue weighted by atomic mass is 14.3. The van der Waals surface area contributed by atoms with Gasteiger partial charge in [-0.25, -0.2) is 0 Å². The summed E-state index contributed by atoms with van der Waals surface area (Å²) < 4.78 is 0. The maximum absolute atomic E-state index is 4.31. The molecule has 1 aliphatic carbocycles. The first-order valence-corrected chi connectivity index (χ1v) is 8.38. The van der Waals surface area contributed by atoms with Gasteiger partial charge in [0.25, 0.3) is 0 Å². The Balaban J connectivity index is 3.09. The predicted molar refractivity (Wildman–Crippen MR) is 96.4 cm³/mol. The largest absolute Gasteiger partial charge is 0.0956 e. The Morgan fingerprint density at radius 3 is 2.33 bits per heavy atom. The van der Waals surface area contributed by atoms with Gasteiger partial charge in [0, 0.05) is 0 Å². The normalized spacial score (nSPS) is 22.6. The SMILES string of the molecule is C=C1CCC(C(C)(C)C)C/C1=C/C(/C=C(\C)CC)=C(C)C. The van der Waals surface area contributed by atoms with Crippen molar-refractivity contribution in [2.45, 2.75) is 74.1 Å². The lowest BCUT2D eigenvalue weighted by Gasteiger charge is -2.36. The molecular formula is C21H34. The predicted octanol–water partition coefficient (Wildman–Crippen LogP) is 7.01. The van der Waals surface area contributed by atoms with Crippen molar-refractivity contribution in [1.82, 2.24) is 0 Å². The summed E-state index contributed by atoms with van der Waals surface area (Å²) in [6, 6.07) is 0. The van der Waals surface area contributed by atoms with Gasteiger partial charge in [-0.3, -0.25) is 0 Å². The minimum Gasteiger partial charge on any atom is -0.0956 e. The van der Waals surface area contributed by atoms with Crippen LogP contribution in [0.5, 0.6) is 0 Å². The van der Waals surface area contributed by atoms with Crippen LogP contribution in [-0.2, 0) is 0 Å². The smallest absolute Gasteiger partial charge is 0.0243 e. The van der Waals surface area contributed by atoms with Crippen LogP contribution in [0, 0.1) is 11.3 Å². The minimum absolute atomic E-state index is 0.389. The number of rotatable bonds is 3. The lowest BCUT2D eigenvalue weighted by atomic mass is 9.69. The molecule has 1 rings (SSSR count). The third kappa shape index (κ3) is 5.34. The fourth-order valence-corrected chi connectivity index (χ4v) is 2.81. The van der Waals surface area contributed by atoms with E-state index >= 15 is 0 Å². The Bertz CT molecular complexity index is 471. The second-order valence-corrected chi connectivity index (χ2v) is 7.88. The molecule has 0 radical (unpaired) electrons. The Labute approximate surface area is 132 Å². The third-order valence-corrected chi connectivity index (χ3v) is 4.81. The fraction of sp³-hybridized carbons (Fsp3) is 0.619. The Kier molecular flexibility index (Phi) is 6.25. The van der Waals surface area contributed by atoms with E-state index in [2.05, 4.69) is 67.2 Å². The van der Waals surface area contributed by atoms with Crippen molar-refractivity contribution in [3.8, 4) is 0 Å². The molecule has 118 valence electrons. The molecule has 21 heavy (non-hydrogen) atoms. The van der Waals surface area contributed by atoms with Crippen molar-refractivity contribution in [3.63, 3.8) is 0 Å². The molecule has 1 aliphatic rings. The van der Waals surface area contributed by atoms with Crippen LogP contribution in [-0.4, -0.2) is 0 Å². The molecule has 1 unspecified atom stereocenters. The van der Waals surface area contributed by atoms with Crippen LogP contribution in [0.3, 0.4) is 0 Å². The fourth-order valence-electron chi connectivity index (χ4n) is 2.81. The summed E-state index contributed by atoms with van der Waals surface area (Å²) in [4.78, 5) is 0. The van der Waals surface area contributed by atoms with E-state index in [1.54, 1.807) is 0 Å². The number of allylic oxidation sites excluding steroid dienone is 7. The van der Waals surface area contributed by atoms with E-state index in [1.807, 2.05) is 0 Å². The monoisotopic (exact) mass is 286 g/mol. The van der Waals surface area contributed by atoms with Crippen LogP contribution in [0.2, 0.25) is 0 Å². The first kappa shape index (κ1) is 18.0. The lowest BCUT2D eigenvalue weighted by molar-refractivity contribution is 0.215. The van der Waals surface area contributed by atoms with E-state index in [9.17, 15) is 0 Å². The molecule has 0 heteroatoms. The molecule has 1 saturated carbocycles. The van der Waals surface area contributed by atoms with Gasteiger partial charge in [-0.1, -0.05) is 63.1 Å². The van der Waals surface area contributed by atoms with Gasteiger partial charge in [-0.15, -0.1) is 0 Å². The molecule has 0 heterocycles. The van der Waals surface area contributed by atoms with Crippen molar-refractivity contribution in [1.29, 1.82) is 0 Å². The molecule has 0 spiro atoms. The van der Waals surface area contributed by atoms with Crippen LogP contribution >= 0.6 is 0 Å². The van der Waals surface area contributed by atoms with Crippen LogP contribution < -0.4 is 0 Å². The van der Waals surface area contributed by atoms with Gasteiger partial charge in [0.2, 0.25) is 0 Å². The highest BCUT2D eigenvalue weighted by molar-refractivity contribution is 5.44. The van der Waals surface area contributed by atoms with Crippen molar-refractivity contribution >= 4 is 0 Å². The Hall–Kier alpha value is -1.04. The maximum atomic E-state index is 4.31. The zero-order chi connectivity index (χ0) is 16.2. The van der Waals surface area contributed by atoms with Gasteiger partial charge in [-0.2, -0.15) is 0 Å². The lowest BCUT2D eigenvalue weighted by Crippen LogP contribution is -2.24. The average Bonchev–Trinajstić information content (AvgIpc) is 2.38. The van der Waals surface area contributed by atoms with Crippen LogP contribution in [0.1, 0.15) is 74.1 Å². The molecule has 1 fully saturated rings. The van der Waals surface area contributed by atoms with Gasteiger partial charge in [0.15, 0.2) is 0 Å². The molecule has 0 aliphatic heterocycles. The zero-order valence-electron chi connectivity index (χ0n) is 15.3. The van der Waals surface area contributed by atoms with E-state index in [1.165, 1.54) is 40.7 Å². The van der Waals surface area contributed by atoms with Crippen molar-refractivity contribution < 1.29 is 0 Å². The first-order chi connectivity index (χ1) is 9.65. The average molecular weight is 287 g/mol. The Morgan fingerprint density at radius 1 is 1.24 bits per heavy atom. The number of hydrogen-bond donors (Lipinski definition) is 0. The maximum Gasteiger partial charge on any atom is -0.0243 e. The van der Waals surface area contributed by atoms with Gasteiger partial charge in [0.05, 0.1) is 0 Å². The van der Waals surface area contributed by atoms with E-state index < -0.39 is 0 Å². The second kappa shape index (κ2) is 7.29. The van der Waals surface area contributed by atoms with E-state index in [-0.39, 0.29) is 0 Å². The number of hydrogen-bond acceptors (Lipinski definition) is 0. The molecule has 1 atom stereocenters. The van der Waals surface area contributed by atoms with Crippen LogP contribution in [0.4, 0.5) is 0 Å². The summed E-state index contributed by atoms with van der Waals surface area (Å²) in [5.41, 5.74) is 7.41. The van der Waals surface area contributed by atoms with Crippen LogP contribution in [0.25, 0.3) is 0 Å². The van der Waals surface area contributed by atoms with Crippen molar-refractivity contribution in [3.05, 3.63) is 46.6 Å². The molecule has 0 nitrogen and oxygen atoms in total. The summed E-state index contributed by atoms with van der Waals surface area (Å²) in [7, 11) is 0. The van der Waals surface area contributed by atoms with Gasteiger partial charge < -0.3 is 0 Å². The molecule has 0 aromatic heterocycles. The molecule has 0 amide bonds. The summed E-state index contributed by atoms with van der Waals surface area (Å²) in [6.45, 7) is 20.3. The third-order valence-electron chi connectivity index (χ3n) is 4.81. The summed E-state index contributed by atoms with van der Waals surface area (Å²) in [5, 5.41) is 0. The minimum atomic E-state index is 0.389. The highest BCUT2D eigenvalue weighted by Crippen LogP contribution is 2.42.